The van der Waals surface area contributed by atoms with E-state index < -0.39 is 5.97 Å². The van der Waals surface area contributed by atoms with Crippen LogP contribution in [0.4, 0.5) is 17.2 Å². The Bertz CT molecular complexity index is 1530. The maximum absolute atomic E-state index is 12.4. The summed E-state index contributed by atoms with van der Waals surface area (Å²) in [5.74, 6) is -0.283. The van der Waals surface area contributed by atoms with Crippen LogP contribution in [-0.2, 0) is 18.9 Å². The molecule has 1 N–H and O–H groups in total. The van der Waals surface area contributed by atoms with E-state index in [9.17, 15) is 14.4 Å². The van der Waals surface area contributed by atoms with Crippen molar-refractivity contribution in [2.24, 2.45) is 14.1 Å². The van der Waals surface area contributed by atoms with Crippen LogP contribution in [0, 0.1) is 0 Å². The SMILES string of the molecule is Cn1c(N2CCCN(CCCN3c4ccccc4Sc4ccc(/C=C\C(=O)O)cc43)CC2)cc(=O)n(C)c1=O. The quantitative estimate of drug-likeness (QED) is 0.451. The lowest BCUT2D eigenvalue weighted by molar-refractivity contribution is -0.131. The van der Waals surface area contributed by atoms with Crippen molar-refractivity contribution in [2.45, 2.75) is 22.6 Å². The van der Waals surface area contributed by atoms with E-state index in [4.69, 9.17) is 5.11 Å². The van der Waals surface area contributed by atoms with E-state index in [2.05, 4.69) is 51.1 Å². The molecule has 0 atom stereocenters. The number of carboxylic acid groups (broad SMARTS) is 1. The van der Waals surface area contributed by atoms with Gasteiger partial charge in [-0.25, -0.2) is 9.59 Å². The lowest BCUT2D eigenvalue weighted by Crippen LogP contribution is -2.41. The van der Waals surface area contributed by atoms with Crippen molar-refractivity contribution in [1.29, 1.82) is 0 Å². The molecule has 39 heavy (non-hydrogen) atoms. The molecule has 3 aromatic rings. The number of carbonyl (C=O) groups is 1. The van der Waals surface area contributed by atoms with Crippen molar-refractivity contribution >= 4 is 41.0 Å². The number of aliphatic carboxylic acids is 1. The largest absolute Gasteiger partial charge is 0.478 e. The van der Waals surface area contributed by atoms with Gasteiger partial charge < -0.3 is 19.8 Å². The van der Waals surface area contributed by atoms with Gasteiger partial charge in [0.1, 0.15) is 5.82 Å². The highest BCUT2D eigenvalue weighted by atomic mass is 32.2. The van der Waals surface area contributed by atoms with E-state index >= 15 is 0 Å². The summed E-state index contributed by atoms with van der Waals surface area (Å²) in [5, 5.41) is 9.05. The van der Waals surface area contributed by atoms with Gasteiger partial charge >= 0.3 is 11.7 Å². The predicted octanol–water partition coefficient (Wildman–Crippen LogP) is 3.39. The van der Waals surface area contributed by atoms with Crippen molar-refractivity contribution in [1.82, 2.24) is 14.0 Å². The molecule has 3 heterocycles. The molecule has 0 bridgehead atoms. The van der Waals surface area contributed by atoms with Crippen molar-refractivity contribution in [3.63, 3.8) is 0 Å². The summed E-state index contributed by atoms with van der Waals surface area (Å²) in [6, 6.07) is 16.0. The minimum Gasteiger partial charge on any atom is -0.478 e. The number of aromatic nitrogens is 2. The Labute approximate surface area is 231 Å². The third-order valence-electron chi connectivity index (χ3n) is 7.34. The van der Waals surface area contributed by atoms with Crippen LogP contribution in [0.15, 0.2) is 74.0 Å². The van der Waals surface area contributed by atoms with Crippen LogP contribution in [0.25, 0.3) is 6.08 Å². The lowest BCUT2D eigenvalue weighted by atomic mass is 10.1. The van der Waals surface area contributed by atoms with Gasteiger partial charge in [-0.1, -0.05) is 30.0 Å². The predicted molar refractivity (Wildman–Crippen MR) is 155 cm³/mol. The second-order valence-corrected chi connectivity index (χ2v) is 11.0. The summed E-state index contributed by atoms with van der Waals surface area (Å²) < 4.78 is 2.69. The van der Waals surface area contributed by atoms with Crippen LogP contribution < -0.4 is 21.0 Å². The van der Waals surface area contributed by atoms with Gasteiger partial charge in [0.25, 0.3) is 5.56 Å². The topological polar surface area (TPSA) is 91.0 Å². The molecule has 1 fully saturated rings. The van der Waals surface area contributed by atoms with Gasteiger partial charge in [-0.3, -0.25) is 13.9 Å². The van der Waals surface area contributed by atoms with Crippen molar-refractivity contribution in [2.75, 3.05) is 49.1 Å². The zero-order chi connectivity index (χ0) is 27.5. The van der Waals surface area contributed by atoms with E-state index in [1.807, 2.05) is 6.07 Å². The summed E-state index contributed by atoms with van der Waals surface area (Å²) in [4.78, 5) is 45.0. The summed E-state index contributed by atoms with van der Waals surface area (Å²) in [6.07, 6.45) is 4.71. The van der Waals surface area contributed by atoms with Gasteiger partial charge in [0, 0.05) is 62.2 Å². The van der Waals surface area contributed by atoms with E-state index in [1.54, 1.807) is 35.5 Å². The maximum atomic E-state index is 12.4. The molecule has 0 aliphatic carbocycles. The second kappa shape index (κ2) is 11.5. The highest BCUT2D eigenvalue weighted by Gasteiger charge is 2.24. The molecule has 5 rings (SSSR count). The molecule has 0 radical (unpaired) electrons. The first-order chi connectivity index (χ1) is 18.8. The molecule has 2 aliphatic rings. The van der Waals surface area contributed by atoms with Crippen molar-refractivity contribution in [3.05, 3.63) is 81.0 Å². The van der Waals surface area contributed by atoms with Gasteiger partial charge in [-0.05, 0) is 61.8 Å². The molecule has 204 valence electrons. The molecule has 2 aliphatic heterocycles. The molecule has 9 nitrogen and oxygen atoms in total. The standard InChI is InChI=1S/C29H33N5O4S/c1-30-26(20-27(35)31(2)29(30)38)33-15-5-13-32(17-18-33)14-6-16-34-22-7-3-4-8-24(22)39-25-11-9-21(19-23(25)34)10-12-28(36)37/h3-4,7-12,19-20H,5-6,13-18H2,1-2H3,(H,36,37)/b12-10-. The normalized spacial score (nSPS) is 15.7. The first kappa shape index (κ1) is 26.8. The smallest absolute Gasteiger partial charge is 0.332 e. The molecular formula is C29H33N5O4S. The van der Waals surface area contributed by atoms with E-state index in [0.717, 1.165) is 72.8 Å². The number of para-hydroxylation sites is 1. The fourth-order valence-corrected chi connectivity index (χ4v) is 6.34. The highest BCUT2D eigenvalue weighted by Crippen LogP contribution is 2.48. The third-order valence-corrected chi connectivity index (χ3v) is 8.47. The Morgan fingerprint density at radius 1 is 0.923 bits per heavy atom. The fourth-order valence-electron chi connectivity index (χ4n) is 5.26. The number of hydrogen-bond acceptors (Lipinski definition) is 7. The summed E-state index contributed by atoms with van der Waals surface area (Å²) in [6.45, 7) is 5.14. The molecule has 0 saturated carbocycles. The van der Waals surface area contributed by atoms with Crippen molar-refractivity contribution < 1.29 is 9.90 Å². The first-order valence-corrected chi connectivity index (χ1v) is 14.0. The van der Waals surface area contributed by atoms with Crippen LogP contribution in [0.2, 0.25) is 0 Å². The van der Waals surface area contributed by atoms with Crippen LogP contribution in [0.5, 0.6) is 0 Å². The number of carboxylic acids is 1. The summed E-state index contributed by atoms with van der Waals surface area (Å²) in [7, 11) is 3.22. The zero-order valence-corrected chi connectivity index (χ0v) is 23.1. The molecular weight excluding hydrogens is 514 g/mol. The first-order valence-electron chi connectivity index (χ1n) is 13.2. The average molecular weight is 548 g/mol. The highest BCUT2D eigenvalue weighted by molar-refractivity contribution is 7.99. The third kappa shape index (κ3) is 5.81. The number of benzene rings is 2. The Kier molecular flexibility index (Phi) is 7.94. The number of rotatable bonds is 7. The summed E-state index contributed by atoms with van der Waals surface area (Å²) in [5.41, 5.74) is 2.54. The Morgan fingerprint density at radius 2 is 1.72 bits per heavy atom. The van der Waals surface area contributed by atoms with Gasteiger partial charge in [-0.2, -0.15) is 0 Å². The van der Waals surface area contributed by atoms with Gasteiger partial charge in [0.15, 0.2) is 0 Å². The van der Waals surface area contributed by atoms with Crippen LogP contribution in [0.3, 0.4) is 0 Å². The van der Waals surface area contributed by atoms with Gasteiger partial charge in [0.05, 0.1) is 11.4 Å². The van der Waals surface area contributed by atoms with Crippen molar-refractivity contribution in [3.8, 4) is 0 Å². The van der Waals surface area contributed by atoms with Gasteiger partial charge in [0.2, 0.25) is 0 Å². The minimum atomic E-state index is -0.961. The van der Waals surface area contributed by atoms with E-state index in [-0.39, 0.29) is 11.2 Å². The number of nitrogens with zero attached hydrogens (tertiary/aromatic N) is 5. The second-order valence-electron chi connectivity index (χ2n) is 9.90. The number of anilines is 3. The maximum Gasteiger partial charge on any atom is 0.332 e. The molecule has 1 aromatic heterocycles. The minimum absolute atomic E-state index is 0.281. The van der Waals surface area contributed by atoms with Gasteiger partial charge in [-0.15, -0.1) is 0 Å². The zero-order valence-electron chi connectivity index (χ0n) is 22.2. The molecule has 0 unspecified atom stereocenters. The summed E-state index contributed by atoms with van der Waals surface area (Å²) >= 11 is 1.74. The van der Waals surface area contributed by atoms with Crippen LogP contribution >= 0.6 is 11.8 Å². The Hall–Kier alpha value is -3.76. The molecule has 10 heteroatoms. The monoisotopic (exact) mass is 547 g/mol. The fraction of sp³-hybridized carbons (Fsp3) is 0.345. The number of hydrogen-bond donors (Lipinski definition) is 1. The van der Waals surface area contributed by atoms with Crippen LogP contribution in [0.1, 0.15) is 18.4 Å². The van der Waals surface area contributed by atoms with E-state index in [0.29, 0.717) is 5.82 Å². The number of fused-ring (bicyclic) bond motifs is 2. The molecule has 0 spiro atoms. The lowest BCUT2D eigenvalue weighted by Gasteiger charge is -2.33. The average Bonchev–Trinajstić information content (AvgIpc) is 3.18. The molecule has 1 saturated heterocycles. The Balaban J connectivity index is 1.27. The Morgan fingerprint density at radius 3 is 2.54 bits per heavy atom. The molecule has 0 amide bonds. The van der Waals surface area contributed by atoms with E-state index in [1.165, 1.54) is 23.7 Å². The molecule has 2 aromatic carbocycles. The van der Waals surface area contributed by atoms with Crippen LogP contribution in [-0.4, -0.2) is 64.4 Å².